The lowest BCUT2D eigenvalue weighted by Gasteiger charge is -2.35. The van der Waals surface area contributed by atoms with Gasteiger partial charge in [0.2, 0.25) is 5.91 Å². The standard InChI is InChI=1S/C23H29N3O3/c1-28-20-7-8-22(29-2)19(15-20)16-24-11-13-25(14-12-24)17-23(27)26-10-9-18-5-3-4-6-21(18)26/h3-8,15H,9-14,16-17H2,1-2H3. The van der Waals surface area contributed by atoms with Gasteiger partial charge in [-0.15, -0.1) is 0 Å². The first kappa shape index (κ1) is 19.7. The van der Waals surface area contributed by atoms with Crippen LogP contribution in [0.3, 0.4) is 0 Å². The first-order chi connectivity index (χ1) is 14.2. The van der Waals surface area contributed by atoms with Crippen LogP contribution < -0.4 is 14.4 Å². The number of fused-ring (bicyclic) bond motifs is 1. The number of carbonyl (C=O) groups is 1. The minimum absolute atomic E-state index is 0.206. The molecular weight excluding hydrogens is 366 g/mol. The molecule has 1 amide bonds. The lowest BCUT2D eigenvalue weighted by Crippen LogP contribution is -2.49. The molecule has 1 saturated heterocycles. The monoisotopic (exact) mass is 395 g/mol. The number of para-hydroxylation sites is 1. The fraction of sp³-hybridized carbons (Fsp3) is 0.435. The molecule has 0 atom stereocenters. The maximum atomic E-state index is 12.8. The second-order valence-electron chi connectivity index (χ2n) is 7.65. The summed E-state index contributed by atoms with van der Waals surface area (Å²) in [5, 5.41) is 0. The van der Waals surface area contributed by atoms with E-state index in [1.807, 2.05) is 35.2 Å². The van der Waals surface area contributed by atoms with E-state index in [0.717, 1.165) is 68.4 Å². The largest absolute Gasteiger partial charge is 0.497 e. The SMILES string of the molecule is COc1ccc(OC)c(CN2CCN(CC(=O)N3CCc4ccccc43)CC2)c1. The fourth-order valence-corrected chi connectivity index (χ4v) is 4.23. The molecule has 0 unspecified atom stereocenters. The lowest BCUT2D eigenvalue weighted by molar-refractivity contribution is -0.120. The van der Waals surface area contributed by atoms with Gasteiger partial charge in [0.1, 0.15) is 11.5 Å². The van der Waals surface area contributed by atoms with Gasteiger partial charge in [0, 0.05) is 50.5 Å². The van der Waals surface area contributed by atoms with E-state index in [0.29, 0.717) is 6.54 Å². The summed E-state index contributed by atoms with van der Waals surface area (Å²) in [6, 6.07) is 14.1. The molecule has 154 valence electrons. The molecule has 6 nitrogen and oxygen atoms in total. The van der Waals surface area contributed by atoms with Crippen LogP contribution in [0.15, 0.2) is 42.5 Å². The van der Waals surface area contributed by atoms with Crippen LogP contribution in [-0.2, 0) is 17.8 Å². The van der Waals surface area contributed by atoms with Crippen molar-refractivity contribution in [3.63, 3.8) is 0 Å². The van der Waals surface area contributed by atoms with E-state index in [4.69, 9.17) is 9.47 Å². The van der Waals surface area contributed by atoms with Crippen LogP contribution in [0.1, 0.15) is 11.1 Å². The lowest BCUT2D eigenvalue weighted by atomic mass is 10.1. The highest BCUT2D eigenvalue weighted by Gasteiger charge is 2.27. The maximum Gasteiger partial charge on any atom is 0.241 e. The molecule has 29 heavy (non-hydrogen) atoms. The summed E-state index contributed by atoms with van der Waals surface area (Å²) in [5.41, 5.74) is 3.49. The van der Waals surface area contributed by atoms with Gasteiger partial charge in [-0.1, -0.05) is 18.2 Å². The van der Waals surface area contributed by atoms with Crippen LogP contribution in [0.5, 0.6) is 11.5 Å². The summed E-state index contributed by atoms with van der Waals surface area (Å²) in [6.07, 6.45) is 0.956. The van der Waals surface area contributed by atoms with Gasteiger partial charge in [0.25, 0.3) is 0 Å². The van der Waals surface area contributed by atoms with E-state index in [1.165, 1.54) is 5.56 Å². The first-order valence-electron chi connectivity index (χ1n) is 10.2. The highest BCUT2D eigenvalue weighted by Crippen LogP contribution is 2.28. The topological polar surface area (TPSA) is 45.3 Å². The third-order valence-electron chi connectivity index (χ3n) is 5.89. The van der Waals surface area contributed by atoms with Crippen molar-refractivity contribution in [2.24, 2.45) is 0 Å². The molecular formula is C23H29N3O3. The van der Waals surface area contributed by atoms with Gasteiger partial charge in [-0.2, -0.15) is 0 Å². The minimum Gasteiger partial charge on any atom is -0.497 e. The van der Waals surface area contributed by atoms with Crippen molar-refractivity contribution in [3.05, 3.63) is 53.6 Å². The molecule has 2 aliphatic heterocycles. The van der Waals surface area contributed by atoms with Crippen LogP contribution in [0.4, 0.5) is 5.69 Å². The average Bonchev–Trinajstić information content (AvgIpc) is 3.19. The molecule has 1 fully saturated rings. The van der Waals surface area contributed by atoms with E-state index in [1.54, 1.807) is 14.2 Å². The van der Waals surface area contributed by atoms with E-state index < -0.39 is 0 Å². The molecule has 2 aliphatic rings. The minimum atomic E-state index is 0.206. The number of hydrogen-bond acceptors (Lipinski definition) is 5. The number of methoxy groups -OCH3 is 2. The van der Waals surface area contributed by atoms with Crippen LogP contribution in [0.2, 0.25) is 0 Å². The van der Waals surface area contributed by atoms with Gasteiger partial charge in [-0.3, -0.25) is 14.6 Å². The van der Waals surface area contributed by atoms with Crippen molar-refractivity contribution in [2.75, 3.05) is 58.4 Å². The van der Waals surface area contributed by atoms with Crippen LogP contribution in [0.25, 0.3) is 0 Å². The quantitative estimate of drug-likeness (QED) is 0.752. The molecule has 6 heteroatoms. The number of piperazine rings is 1. The average molecular weight is 396 g/mol. The van der Waals surface area contributed by atoms with Crippen molar-refractivity contribution in [3.8, 4) is 11.5 Å². The predicted octanol–water partition coefficient (Wildman–Crippen LogP) is 2.41. The van der Waals surface area contributed by atoms with Gasteiger partial charge in [-0.25, -0.2) is 0 Å². The third kappa shape index (κ3) is 4.38. The fourth-order valence-electron chi connectivity index (χ4n) is 4.23. The van der Waals surface area contributed by atoms with Crippen molar-refractivity contribution in [2.45, 2.75) is 13.0 Å². The van der Waals surface area contributed by atoms with Gasteiger partial charge in [0.15, 0.2) is 0 Å². The normalized spacial score (nSPS) is 17.2. The molecule has 2 aromatic carbocycles. The van der Waals surface area contributed by atoms with Crippen molar-refractivity contribution >= 4 is 11.6 Å². The Morgan fingerprint density at radius 1 is 0.931 bits per heavy atom. The first-order valence-corrected chi connectivity index (χ1v) is 10.2. The molecule has 2 aromatic rings. The number of benzene rings is 2. The Hall–Kier alpha value is -2.57. The Morgan fingerprint density at radius 3 is 2.45 bits per heavy atom. The zero-order valence-electron chi connectivity index (χ0n) is 17.3. The Bertz CT molecular complexity index is 862. The molecule has 2 heterocycles. The van der Waals surface area contributed by atoms with Crippen molar-refractivity contribution < 1.29 is 14.3 Å². The van der Waals surface area contributed by atoms with E-state index in [2.05, 4.69) is 21.9 Å². The number of ether oxygens (including phenoxy) is 2. The molecule has 0 spiro atoms. The second kappa shape index (κ2) is 8.84. The summed E-state index contributed by atoms with van der Waals surface area (Å²) < 4.78 is 10.9. The molecule has 0 saturated carbocycles. The van der Waals surface area contributed by atoms with Gasteiger partial charge >= 0.3 is 0 Å². The number of anilines is 1. The molecule has 0 radical (unpaired) electrons. The molecule has 0 N–H and O–H groups in total. The van der Waals surface area contributed by atoms with Gasteiger partial charge in [-0.05, 0) is 36.2 Å². The number of amides is 1. The Labute approximate surface area is 172 Å². The number of carbonyl (C=O) groups excluding carboxylic acids is 1. The van der Waals surface area contributed by atoms with Crippen LogP contribution in [-0.4, -0.2) is 69.2 Å². The predicted molar refractivity (Wildman–Crippen MR) is 114 cm³/mol. The van der Waals surface area contributed by atoms with Gasteiger partial charge < -0.3 is 14.4 Å². The maximum absolute atomic E-state index is 12.8. The Balaban J connectivity index is 1.31. The third-order valence-corrected chi connectivity index (χ3v) is 5.89. The summed E-state index contributed by atoms with van der Waals surface area (Å²) in [5.74, 6) is 1.94. The second-order valence-corrected chi connectivity index (χ2v) is 7.65. The van der Waals surface area contributed by atoms with E-state index in [-0.39, 0.29) is 5.91 Å². The van der Waals surface area contributed by atoms with Gasteiger partial charge in [0.05, 0.1) is 20.8 Å². The van der Waals surface area contributed by atoms with Crippen LogP contribution in [0, 0.1) is 0 Å². The molecule has 0 aromatic heterocycles. The summed E-state index contributed by atoms with van der Waals surface area (Å²) in [7, 11) is 3.38. The number of nitrogens with zero attached hydrogens (tertiary/aromatic N) is 3. The zero-order chi connectivity index (χ0) is 20.2. The summed E-state index contributed by atoms with van der Waals surface area (Å²) >= 11 is 0. The highest BCUT2D eigenvalue weighted by molar-refractivity contribution is 5.96. The van der Waals surface area contributed by atoms with E-state index >= 15 is 0 Å². The highest BCUT2D eigenvalue weighted by atomic mass is 16.5. The number of hydrogen-bond donors (Lipinski definition) is 0. The molecule has 4 rings (SSSR count). The van der Waals surface area contributed by atoms with Crippen LogP contribution >= 0.6 is 0 Å². The number of rotatable bonds is 6. The van der Waals surface area contributed by atoms with E-state index in [9.17, 15) is 4.79 Å². The summed E-state index contributed by atoms with van der Waals surface area (Å²) in [4.78, 5) is 19.5. The Morgan fingerprint density at radius 2 is 1.69 bits per heavy atom. The molecule has 0 aliphatic carbocycles. The smallest absolute Gasteiger partial charge is 0.241 e. The Kier molecular flexibility index (Phi) is 6.02. The zero-order valence-corrected chi connectivity index (χ0v) is 17.3. The van der Waals surface area contributed by atoms with Crippen molar-refractivity contribution in [1.82, 2.24) is 9.80 Å². The molecule has 0 bridgehead atoms. The summed E-state index contributed by atoms with van der Waals surface area (Å²) in [6.45, 7) is 5.77. The van der Waals surface area contributed by atoms with Crippen molar-refractivity contribution in [1.29, 1.82) is 0 Å².